The van der Waals surface area contributed by atoms with Crippen molar-refractivity contribution >= 4 is 39.1 Å². The van der Waals surface area contributed by atoms with Gasteiger partial charge in [-0.25, -0.2) is 4.79 Å². The molecule has 1 saturated heterocycles. The Morgan fingerprint density at radius 3 is 2.90 bits per heavy atom. The van der Waals surface area contributed by atoms with Gasteiger partial charge in [-0.15, -0.1) is 11.3 Å². The number of morpholine rings is 1. The maximum Gasteiger partial charge on any atom is 0.334 e. The summed E-state index contributed by atoms with van der Waals surface area (Å²) in [4.78, 5) is 25.9. The number of nitrogens with zero attached hydrogens (tertiary/aromatic N) is 1. The normalized spacial score (nSPS) is 22.8. The van der Waals surface area contributed by atoms with E-state index in [4.69, 9.17) is 9.84 Å². The van der Waals surface area contributed by atoms with Crippen molar-refractivity contribution in [2.24, 2.45) is 0 Å². The first-order chi connectivity index (χ1) is 9.45. The summed E-state index contributed by atoms with van der Waals surface area (Å²) in [5.74, 6) is -1.03. The second-order valence-electron chi connectivity index (χ2n) is 4.80. The molecule has 1 fully saturated rings. The highest BCUT2D eigenvalue weighted by Crippen LogP contribution is 2.21. The molecule has 0 spiro atoms. The average Bonchev–Trinajstić information content (AvgIpc) is 2.81. The molecule has 1 unspecified atom stereocenters. The van der Waals surface area contributed by atoms with E-state index in [9.17, 15) is 9.59 Å². The SMILES string of the molecule is C[C@@H]1CN(C(=O)CCc2cc(Br)cs2)CC(C(=O)O)O1. The number of ether oxygens (including phenoxy) is 1. The van der Waals surface area contributed by atoms with Gasteiger partial charge in [0.1, 0.15) is 0 Å². The van der Waals surface area contributed by atoms with Gasteiger partial charge >= 0.3 is 5.97 Å². The van der Waals surface area contributed by atoms with E-state index < -0.39 is 12.1 Å². The lowest BCUT2D eigenvalue weighted by molar-refractivity contribution is -0.166. The second kappa shape index (κ2) is 6.69. The first-order valence-electron chi connectivity index (χ1n) is 6.34. The average molecular weight is 362 g/mol. The molecule has 2 atom stereocenters. The first-order valence-corrected chi connectivity index (χ1v) is 8.02. The molecule has 20 heavy (non-hydrogen) atoms. The lowest BCUT2D eigenvalue weighted by Crippen LogP contribution is -2.51. The molecule has 5 nitrogen and oxygen atoms in total. The van der Waals surface area contributed by atoms with Crippen molar-refractivity contribution in [3.8, 4) is 0 Å². The molecule has 0 aromatic carbocycles. The lowest BCUT2D eigenvalue weighted by Gasteiger charge is -2.35. The number of aliphatic carboxylic acids is 1. The fraction of sp³-hybridized carbons (Fsp3) is 0.538. The third-order valence-electron chi connectivity index (χ3n) is 3.10. The number of carboxylic acids is 1. The second-order valence-corrected chi connectivity index (χ2v) is 6.71. The zero-order valence-electron chi connectivity index (χ0n) is 11.0. The number of hydrogen-bond donors (Lipinski definition) is 1. The number of halogens is 1. The van der Waals surface area contributed by atoms with Gasteiger partial charge in [0.15, 0.2) is 6.10 Å². The van der Waals surface area contributed by atoms with E-state index in [1.54, 1.807) is 23.2 Å². The number of amides is 1. The fourth-order valence-electron chi connectivity index (χ4n) is 2.16. The summed E-state index contributed by atoms with van der Waals surface area (Å²) in [7, 11) is 0. The number of carbonyl (C=O) groups is 2. The van der Waals surface area contributed by atoms with E-state index in [0.29, 0.717) is 19.4 Å². The van der Waals surface area contributed by atoms with E-state index in [0.717, 1.165) is 9.35 Å². The summed E-state index contributed by atoms with van der Waals surface area (Å²) >= 11 is 4.99. The van der Waals surface area contributed by atoms with Crippen LogP contribution in [0.2, 0.25) is 0 Å². The van der Waals surface area contributed by atoms with Crippen LogP contribution in [0.1, 0.15) is 18.2 Å². The lowest BCUT2D eigenvalue weighted by atomic mass is 10.2. The van der Waals surface area contributed by atoms with Gasteiger partial charge in [0, 0.05) is 27.7 Å². The largest absolute Gasteiger partial charge is 0.479 e. The smallest absolute Gasteiger partial charge is 0.334 e. The van der Waals surface area contributed by atoms with E-state index >= 15 is 0 Å². The van der Waals surface area contributed by atoms with Gasteiger partial charge in [0.25, 0.3) is 0 Å². The Morgan fingerprint density at radius 2 is 2.30 bits per heavy atom. The minimum absolute atomic E-state index is 0.0177. The highest BCUT2D eigenvalue weighted by Gasteiger charge is 2.32. The molecular weight excluding hydrogens is 346 g/mol. The predicted molar refractivity (Wildman–Crippen MR) is 78.9 cm³/mol. The van der Waals surface area contributed by atoms with Crippen LogP contribution in [0.4, 0.5) is 0 Å². The standard InChI is InChI=1S/C13H16BrNO4S/c1-8-5-15(6-11(19-8)13(17)18)12(16)3-2-10-4-9(14)7-20-10/h4,7-8,11H,2-3,5-6H2,1H3,(H,17,18)/t8-,11?/m1/s1. The first kappa shape index (κ1) is 15.5. The van der Waals surface area contributed by atoms with Crippen LogP contribution >= 0.6 is 27.3 Å². The van der Waals surface area contributed by atoms with Crippen molar-refractivity contribution in [2.75, 3.05) is 13.1 Å². The summed E-state index contributed by atoms with van der Waals surface area (Å²) in [6.07, 6.45) is -0.0896. The maximum absolute atomic E-state index is 12.2. The van der Waals surface area contributed by atoms with E-state index in [1.807, 2.05) is 11.4 Å². The van der Waals surface area contributed by atoms with Crippen molar-refractivity contribution in [3.05, 3.63) is 20.8 Å². The molecule has 1 N–H and O–H groups in total. The van der Waals surface area contributed by atoms with Crippen LogP contribution < -0.4 is 0 Å². The predicted octanol–water partition coefficient (Wildman–Crippen LogP) is 2.14. The summed E-state index contributed by atoms with van der Waals surface area (Å²) < 4.78 is 6.32. The highest BCUT2D eigenvalue weighted by atomic mass is 79.9. The summed E-state index contributed by atoms with van der Waals surface area (Å²) in [6, 6.07) is 2.00. The van der Waals surface area contributed by atoms with Crippen LogP contribution in [0.15, 0.2) is 15.9 Å². The molecule has 7 heteroatoms. The Labute approximate surface area is 129 Å². The Morgan fingerprint density at radius 1 is 1.55 bits per heavy atom. The molecule has 2 heterocycles. The topological polar surface area (TPSA) is 66.8 Å². The van der Waals surface area contributed by atoms with Gasteiger partial charge < -0.3 is 14.7 Å². The number of aryl methyl sites for hydroxylation is 1. The van der Waals surface area contributed by atoms with Crippen molar-refractivity contribution in [1.82, 2.24) is 4.90 Å². The van der Waals surface area contributed by atoms with Gasteiger partial charge in [-0.2, -0.15) is 0 Å². The molecule has 0 radical (unpaired) electrons. The molecule has 0 aliphatic carbocycles. The van der Waals surface area contributed by atoms with Crippen LogP contribution in [0.25, 0.3) is 0 Å². The van der Waals surface area contributed by atoms with E-state index in [1.165, 1.54) is 0 Å². The van der Waals surface area contributed by atoms with Crippen LogP contribution in [0, 0.1) is 0 Å². The Bertz CT molecular complexity index is 504. The molecule has 1 aromatic heterocycles. The van der Waals surface area contributed by atoms with Gasteiger partial charge in [-0.3, -0.25) is 4.79 Å². The molecule has 1 aromatic rings. The van der Waals surface area contributed by atoms with Crippen LogP contribution in [-0.2, 0) is 20.7 Å². The number of rotatable bonds is 4. The van der Waals surface area contributed by atoms with Crippen LogP contribution in [-0.4, -0.2) is 47.2 Å². The molecule has 0 saturated carbocycles. The molecule has 0 bridgehead atoms. The Kier molecular flexibility index (Phi) is 5.17. The number of carboxylic acid groups (broad SMARTS) is 1. The molecular formula is C13H16BrNO4S. The van der Waals surface area contributed by atoms with E-state index in [2.05, 4.69) is 15.9 Å². The third-order valence-corrected chi connectivity index (χ3v) is 4.85. The molecule has 1 aliphatic rings. The third kappa shape index (κ3) is 4.04. The summed E-state index contributed by atoms with van der Waals surface area (Å²) in [5.41, 5.74) is 0. The fourth-order valence-corrected chi connectivity index (χ4v) is 3.62. The number of carbonyl (C=O) groups excluding carboxylic acids is 1. The Hall–Kier alpha value is -0.920. The minimum atomic E-state index is -1.02. The van der Waals surface area contributed by atoms with Gasteiger partial charge in [0.2, 0.25) is 5.91 Å². The maximum atomic E-state index is 12.2. The van der Waals surface area contributed by atoms with Gasteiger partial charge in [-0.05, 0) is 35.3 Å². The quantitative estimate of drug-likeness (QED) is 0.891. The number of thiophene rings is 1. The van der Waals surface area contributed by atoms with Crippen molar-refractivity contribution in [1.29, 1.82) is 0 Å². The van der Waals surface area contributed by atoms with Gasteiger partial charge in [-0.1, -0.05) is 0 Å². The zero-order valence-corrected chi connectivity index (χ0v) is 13.4. The van der Waals surface area contributed by atoms with Crippen molar-refractivity contribution in [2.45, 2.75) is 32.0 Å². The highest BCUT2D eigenvalue weighted by molar-refractivity contribution is 9.10. The van der Waals surface area contributed by atoms with Crippen LogP contribution in [0.3, 0.4) is 0 Å². The van der Waals surface area contributed by atoms with Crippen molar-refractivity contribution < 1.29 is 19.4 Å². The van der Waals surface area contributed by atoms with Crippen LogP contribution in [0.5, 0.6) is 0 Å². The molecule has 1 aliphatic heterocycles. The zero-order chi connectivity index (χ0) is 14.7. The molecule has 110 valence electrons. The summed E-state index contributed by atoms with van der Waals surface area (Å²) in [5, 5.41) is 11.0. The Balaban J connectivity index is 1.89. The van der Waals surface area contributed by atoms with E-state index in [-0.39, 0.29) is 18.6 Å². The summed E-state index contributed by atoms with van der Waals surface area (Å²) in [6.45, 7) is 2.37. The molecule has 1 amide bonds. The number of hydrogen-bond acceptors (Lipinski definition) is 4. The van der Waals surface area contributed by atoms with Gasteiger partial charge in [0.05, 0.1) is 12.6 Å². The molecule has 2 rings (SSSR count). The minimum Gasteiger partial charge on any atom is -0.479 e. The monoisotopic (exact) mass is 361 g/mol. The van der Waals surface area contributed by atoms with Crippen molar-refractivity contribution in [3.63, 3.8) is 0 Å².